The number of ketones is 1. The zero-order valence-corrected chi connectivity index (χ0v) is 14.7. The normalized spacial score (nSPS) is 10.5. The number of hydrogen-bond donors (Lipinski definition) is 1. The van der Waals surface area contributed by atoms with Crippen LogP contribution in [0.1, 0.15) is 30.1 Å². The van der Waals surface area contributed by atoms with Crippen molar-refractivity contribution in [2.45, 2.75) is 19.8 Å². The van der Waals surface area contributed by atoms with Crippen molar-refractivity contribution in [2.24, 2.45) is 0 Å². The van der Waals surface area contributed by atoms with Gasteiger partial charge in [0.25, 0.3) is 0 Å². The van der Waals surface area contributed by atoms with Gasteiger partial charge < -0.3 is 10.1 Å². The number of nitrogens with one attached hydrogen (secondary N) is 1. The Morgan fingerprint density at radius 2 is 1.62 bits per heavy atom. The minimum Gasteiger partial charge on any atom is -0.494 e. The molecule has 4 nitrogen and oxygen atoms in total. The monoisotopic (exact) mass is 347 g/mol. The summed E-state index contributed by atoms with van der Waals surface area (Å²) in [7, 11) is 0. The van der Waals surface area contributed by atoms with Crippen molar-refractivity contribution in [2.75, 3.05) is 11.9 Å². The molecule has 0 aliphatic carbocycles. The second-order valence-electron chi connectivity index (χ2n) is 5.96. The molecule has 0 aliphatic rings. The maximum atomic E-state index is 12.3. The first-order valence-corrected chi connectivity index (χ1v) is 8.71. The molecule has 0 unspecified atom stereocenters. The summed E-state index contributed by atoms with van der Waals surface area (Å²) in [5.41, 5.74) is 1.35. The maximum absolute atomic E-state index is 12.3. The number of Topliss-reactive ketones (excluding diaryl/α,β-unsaturated/α-hetero) is 1. The van der Waals surface area contributed by atoms with E-state index >= 15 is 0 Å². The molecule has 26 heavy (non-hydrogen) atoms. The Kier molecular flexibility index (Phi) is 5.64. The van der Waals surface area contributed by atoms with E-state index in [9.17, 15) is 9.59 Å². The SMILES string of the molecule is CCOc1ccc(C(=O)CCC(=O)Nc2cccc3ccccc23)cc1. The molecule has 0 radical (unpaired) electrons. The van der Waals surface area contributed by atoms with Crippen molar-refractivity contribution in [1.29, 1.82) is 0 Å². The van der Waals surface area contributed by atoms with E-state index in [1.807, 2.05) is 49.4 Å². The summed E-state index contributed by atoms with van der Waals surface area (Å²) in [5, 5.41) is 4.96. The Bertz CT molecular complexity index is 911. The van der Waals surface area contributed by atoms with E-state index in [1.165, 1.54) is 0 Å². The molecule has 0 saturated heterocycles. The van der Waals surface area contributed by atoms with Crippen molar-refractivity contribution in [3.63, 3.8) is 0 Å². The fraction of sp³-hybridized carbons (Fsp3) is 0.182. The number of hydrogen-bond acceptors (Lipinski definition) is 3. The van der Waals surface area contributed by atoms with E-state index in [1.54, 1.807) is 24.3 Å². The Morgan fingerprint density at radius 1 is 0.885 bits per heavy atom. The summed E-state index contributed by atoms with van der Waals surface area (Å²) in [6.07, 6.45) is 0.319. The lowest BCUT2D eigenvalue weighted by Gasteiger charge is -2.09. The lowest BCUT2D eigenvalue weighted by Crippen LogP contribution is -2.13. The van der Waals surface area contributed by atoms with E-state index in [-0.39, 0.29) is 24.5 Å². The number of amides is 1. The zero-order valence-electron chi connectivity index (χ0n) is 14.7. The summed E-state index contributed by atoms with van der Waals surface area (Å²) in [5.74, 6) is 0.513. The summed E-state index contributed by atoms with van der Waals surface area (Å²) in [6, 6.07) is 20.6. The molecule has 0 bridgehead atoms. The summed E-state index contributed by atoms with van der Waals surface area (Å²) in [6.45, 7) is 2.50. The van der Waals surface area contributed by atoms with Crippen LogP contribution < -0.4 is 10.1 Å². The first-order chi connectivity index (χ1) is 12.7. The molecule has 3 aromatic rings. The topological polar surface area (TPSA) is 55.4 Å². The molecule has 0 heterocycles. The second kappa shape index (κ2) is 8.30. The minimum absolute atomic E-state index is 0.0545. The standard InChI is InChI=1S/C22H21NO3/c1-2-26-18-12-10-17(11-13-18)21(24)14-15-22(25)23-20-9-5-7-16-6-3-4-8-19(16)20/h3-13H,2,14-15H2,1H3,(H,23,25). The van der Waals surface area contributed by atoms with Crippen molar-refractivity contribution in [3.8, 4) is 5.75 Å². The van der Waals surface area contributed by atoms with Gasteiger partial charge in [-0.25, -0.2) is 0 Å². The molecule has 3 aromatic carbocycles. The molecule has 0 fully saturated rings. The van der Waals surface area contributed by atoms with Crippen LogP contribution in [0.4, 0.5) is 5.69 Å². The van der Waals surface area contributed by atoms with E-state index < -0.39 is 0 Å². The minimum atomic E-state index is -0.166. The third-order valence-corrected chi connectivity index (χ3v) is 4.13. The Labute approximate surface area is 152 Å². The molecule has 0 saturated carbocycles. The van der Waals surface area contributed by atoms with Crippen molar-refractivity contribution in [3.05, 3.63) is 72.3 Å². The average molecular weight is 347 g/mol. The van der Waals surface area contributed by atoms with Crippen molar-refractivity contribution < 1.29 is 14.3 Å². The van der Waals surface area contributed by atoms with Crippen LogP contribution in [0.25, 0.3) is 10.8 Å². The predicted octanol–water partition coefficient (Wildman–Crippen LogP) is 4.84. The third kappa shape index (κ3) is 4.28. The number of ether oxygens (including phenoxy) is 1. The van der Waals surface area contributed by atoms with E-state index in [0.717, 1.165) is 22.2 Å². The largest absolute Gasteiger partial charge is 0.494 e. The number of rotatable bonds is 7. The lowest BCUT2D eigenvalue weighted by atomic mass is 10.1. The van der Waals surface area contributed by atoms with Gasteiger partial charge in [0, 0.05) is 29.5 Å². The van der Waals surface area contributed by atoms with Crippen LogP contribution in [-0.4, -0.2) is 18.3 Å². The highest BCUT2D eigenvalue weighted by molar-refractivity contribution is 6.04. The molecule has 0 aromatic heterocycles. The molecule has 3 rings (SSSR count). The highest BCUT2D eigenvalue weighted by atomic mass is 16.5. The molecule has 1 amide bonds. The average Bonchev–Trinajstić information content (AvgIpc) is 2.67. The number of carbonyl (C=O) groups excluding carboxylic acids is 2. The Hall–Kier alpha value is -3.14. The van der Waals surface area contributed by atoms with Gasteiger partial charge in [0.2, 0.25) is 5.91 Å². The Morgan fingerprint density at radius 3 is 2.38 bits per heavy atom. The molecule has 1 N–H and O–H groups in total. The first-order valence-electron chi connectivity index (χ1n) is 8.71. The fourth-order valence-corrected chi connectivity index (χ4v) is 2.82. The maximum Gasteiger partial charge on any atom is 0.224 e. The van der Waals surface area contributed by atoms with Gasteiger partial charge in [0.1, 0.15) is 5.75 Å². The van der Waals surface area contributed by atoms with Crippen LogP contribution in [0, 0.1) is 0 Å². The predicted molar refractivity (Wildman–Crippen MR) is 104 cm³/mol. The quantitative estimate of drug-likeness (QED) is 0.622. The van der Waals surface area contributed by atoms with Gasteiger partial charge >= 0.3 is 0 Å². The third-order valence-electron chi connectivity index (χ3n) is 4.13. The van der Waals surface area contributed by atoms with Gasteiger partial charge in [0.05, 0.1) is 6.61 Å². The van der Waals surface area contributed by atoms with Crippen LogP contribution in [0.3, 0.4) is 0 Å². The summed E-state index contributed by atoms with van der Waals surface area (Å²) >= 11 is 0. The van der Waals surface area contributed by atoms with Crippen LogP contribution in [0.2, 0.25) is 0 Å². The van der Waals surface area contributed by atoms with Gasteiger partial charge in [-0.2, -0.15) is 0 Å². The molecule has 132 valence electrons. The van der Waals surface area contributed by atoms with Crippen LogP contribution in [0.15, 0.2) is 66.7 Å². The van der Waals surface area contributed by atoms with Crippen molar-refractivity contribution in [1.82, 2.24) is 0 Å². The molecule has 0 aliphatic heterocycles. The van der Waals surface area contributed by atoms with Gasteiger partial charge in [-0.05, 0) is 42.6 Å². The number of fused-ring (bicyclic) bond motifs is 1. The van der Waals surface area contributed by atoms with Gasteiger partial charge in [-0.15, -0.1) is 0 Å². The number of benzene rings is 3. The summed E-state index contributed by atoms with van der Waals surface area (Å²) < 4.78 is 5.36. The van der Waals surface area contributed by atoms with Crippen LogP contribution in [0.5, 0.6) is 5.75 Å². The van der Waals surface area contributed by atoms with Gasteiger partial charge in [-0.1, -0.05) is 36.4 Å². The fourth-order valence-electron chi connectivity index (χ4n) is 2.82. The summed E-state index contributed by atoms with van der Waals surface area (Å²) in [4.78, 5) is 24.5. The van der Waals surface area contributed by atoms with Gasteiger partial charge in [-0.3, -0.25) is 9.59 Å². The zero-order chi connectivity index (χ0) is 18.4. The first kappa shape index (κ1) is 17.7. The molecular weight excluding hydrogens is 326 g/mol. The van der Waals surface area contributed by atoms with Gasteiger partial charge in [0.15, 0.2) is 5.78 Å². The van der Waals surface area contributed by atoms with E-state index in [4.69, 9.17) is 4.74 Å². The second-order valence-corrected chi connectivity index (χ2v) is 5.96. The highest BCUT2D eigenvalue weighted by Crippen LogP contribution is 2.23. The number of carbonyl (C=O) groups is 2. The lowest BCUT2D eigenvalue weighted by molar-refractivity contribution is -0.116. The molecule has 0 spiro atoms. The smallest absolute Gasteiger partial charge is 0.224 e. The highest BCUT2D eigenvalue weighted by Gasteiger charge is 2.11. The molecule has 4 heteroatoms. The van der Waals surface area contributed by atoms with Crippen molar-refractivity contribution >= 4 is 28.2 Å². The van der Waals surface area contributed by atoms with E-state index in [0.29, 0.717) is 12.2 Å². The molecular formula is C22H21NO3. The molecule has 0 atom stereocenters. The van der Waals surface area contributed by atoms with Crippen LogP contribution in [-0.2, 0) is 4.79 Å². The van der Waals surface area contributed by atoms with Crippen LogP contribution >= 0.6 is 0 Å². The Balaban J connectivity index is 1.59. The van der Waals surface area contributed by atoms with E-state index in [2.05, 4.69) is 5.32 Å². The number of anilines is 1.